The molecule has 1 heterocycles. The molecule has 2 fully saturated rings. The summed E-state index contributed by atoms with van der Waals surface area (Å²) in [4.78, 5) is 30.8. The quantitative estimate of drug-likeness (QED) is 0.739. The van der Waals surface area contributed by atoms with Gasteiger partial charge in [0.2, 0.25) is 5.91 Å². The third-order valence-electron chi connectivity index (χ3n) is 3.30. The maximum Gasteiger partial charge on any atom is 0.330 e. The number of rotatable bonds is 2. The van der Waals surface area contributed by atoms with E-state index in [0.717, 1.165) is 12.8 Å². The van der Waals surface area contributed by atoms with Crippen molar-refractivity contribution in [3.8, 4) is 0 Å². The van der Waals surface area contributed by atoms with Gasteiger partial charge in [0.25, 0.3) is 0 Å². The average molecular weight is 254 g/mol. The van der Waals surface area contributed by atoms with Gasteiger partial charge in [-0.15, -0.1) is 5.06 Å². The molecule has 0 radical (unpaired) electrons. The SMILES string of the molecule is CC(C)(C)C(=O)ON1CCN(C(=O)C2CC2)CC1. The van der Waals surface area contributed by atoms with Crippen molar-refractivity contribution in [2.24, 2.45) is 11.3 Å². The second-order valence-corrected chi connectivity index (χ2v) is 6.16. The van der Waals surface area contributed by atoms with E-state index in [4.69, 9.17) is 4.84 Å². The molecule has 5 nitrogen and oxygen atoms in total. The lowest BCUT2D eigenvalue weighted by Crippen LogP contribution is -2.50. The molecule has 102 valence electrons. The summed E-state index contributed by atoms with van der Waals surface area (Å²) < 4.78 is 0. The van der Waals surface area contributed by atoms with Crippen molar-refractivity contribution >= 4 is 11.9 Å². The topological polar surface area (TPSA) is 49.9 Å². The van der Waals surface area contributed by atoms with Gasteiger partial charge in [-0.3, -0.25) is 4.79 Å². The molecular weight excluding hydrogens is 232 g/mol. The first kappa shape index (κ1) is 13.3. The normalized spacial score (nSPS) is 21.8. The van der Waals surface area contributed by atoms with Crippen molar-refractivity contribution in [3.05, 3.63) is 0 Å². The van der Waals surface area contributed by atoms with E-state index in [1.54, 1.807) is 5.06 Å². The largest absolute Gasteiger partial charge is 0.367 e. The van der Waals surface area contributed by atoms with E-state index in [-0.39, 0.29) is 17.8 Å². The van der Waals surface area contributed by atoms with Crippen LogP contribution >= 0.6 is 0 Å². The van der Waals surface area contributed by atoms with Gasteiger partial charge in [0.15, 0.2) is 0 Å². The Morgan fingerprint density at radius 2 is 1.61 bits per heavy atom. The van der Waals surface area contributed by atoms with Crippen LogP contribution in [0.5, 0.6) is 0 Å². The van der Waals surface area contributed by atoms with Crippen LogP contribution in [-0.2, 0) is 14.4 Å². The zero-order chi connectivity index (χ0) is 13.3. The summed E-state index contributed by atoms with van der Waals surface area (Å²) in [6, 6.07) is 0. The molecule has 0 N–H and O–H groups in total. The van der Waals surface area contributed by atoms with Crippen molar-refractivity contribution < 1.29 is 14.4 Å². The van der Waals surface area contributed by atoms with E-state index in [9.17, 15) is 9.59 Å². The zero-order valence-corrected chi connectivity index (χ0v) is 11.4. The summed E-state index contributed by atoms with van der Waals surface area (Å²) in [6.45, 7) is 8.05. The fourth-order valence-corrected chi connectivity index (χ4v) is 1.84. The molecule has 2 aliphatic rings. The van der Waals surface area contributed by atoms with Crippen LogP contribution in [0, 0.1) is 11.3 Å². The highest BCUT2D eigenvalue weighted by Crippen LogP contribution is 2.31. The number of piperazine rings is 1. The fourth-order valence-electron chi connectivity index (χ4n) is 1.84. The first-order valence-corrected chi connectivity index (χ1v) is 6.64. The standard InChI is InChI=1S/C13H22N2O3/c1-13(2,3)12(17)18-15-8-6-14(7-9-15)11(16)10-4-5-10/h10H,4-9H2,1-3H3. The Kier molecular flexibility index (Phi) is 3.61. The van der Waals surface area contributed by atoms with Gasteiger partial charge < -0.3 is 9.74 Å². The molecule has 0 spiro atoms. The highest BCUT2D eigenvalue weighted by molar-refractivity contribution is 5.81. The Morgan fingerprint density at radius 1 is 1.06 bits per heavy atom. The molecule has 18 heavy (non-hydrogen) atoms. The monoisotopic (exact) mass is 254 g/mol. The van der Waals surface area contributed by atoms with Crippen LogP contribution in [0.4, 0.5) is 0 Å². The minimum Gasteiger partial charge on any atom is -0.367 e. The Balaban J connectivity index is 1.76. The maximum atomic E-state index is 11.8. The van der Waals surface area contributed by atoms with Gasteiger partial charge in [0, 0.05) is 19.0 Å². The van der Waals surface area contributed by atoms with Crippen LogP contribution in [0.15, 0.2) is 0 Å². The third kappa shape index (κ3) is 3.22. The van der Waals surface area contributed by atoms with Crippen molar-refractivity contribution in [3.63, 3.8) is 0 Å². The van der Waals surface area contributed by atoms with Crippen LogP contribution in [0.25, 0.3) is 0 Å². The number of hydroxylamine groups is 2. The number of hydrogen-bond donors (Lipinski definition) is 0. The summed E-state index contributed by atoms with van der Waals surface area (Å²) in [5, 5.41) is 1.67. The fraction of sp³-hybridized carbons (Fsp3) is 0.846. The van der Waals surface area contributed by atoms with Gasteiger partial charge in [0.05, 0.1) is 18.5 Å². The van der Waals surface area contributed by atoms with Gasteiger partial charge in [-0.25, -0.2) is 4.79 Å². The summed E-state index contributed by atoms with van der Waals surface area (Å²) in [6.07, 6.45) is 2.08. The Morgan fingerprint density at radius 3 is 2.06 bits per heavy atom. The lowest BCUT2D eigenvalue weighted by atomic mass is 9.98. The first-order valence-electron chi connectivity index (χ1n) is 6.64. The number of carbonyl (C=O) groups excluding carboxylic acids is 2. The van der Waals surface area contributed by atoms with Gasteiger partial charge >= 0.3 is 5.97 Å². The third-order valence-corrected chi connectivity index (χ3v) is 3.30. The summed E-state index contributed by atoms with van der Waals surface area (Å²) in [7, 11) is 0. The molecular formula is C13H22N2O3. The van der Waals surface area contributed by atoms with Crippen molar-refractivity contribution in [1.82, 2.24) is 9.96 Å². The maximum absolute atomic E-state index is 11.8. The van der Waals surface area contributed by atoms with Crippen molar-refractivity contribution in [2.75, 3.05) is 26.2 Å². The zero-order valence-electron chi connectivity index (χ0n) is 11.4. The van der Waals surface area contributed by atoms with Gasteiger partial charge in [-0.2, -0.15) is 0 Å². The first-order chi connectivity index (χ1) is 8.38. The minimum absolute atomic E-state index is 0.218. The highest BCUT2D eigenvalue weighted by Gasteiger charge is 2.35. The smallest absolute Gasteiger partial charge is 0.330 e. The molecule has 5 heteroatoms. The number of nitrogens with zero attached hydrogens (tertiary/aromatic N) is 2. The van der Waals surface area contributed by atoms with E-state index in [1.165, 1.54) is 0 Å². The molecule has 1 amide bonds. The van der Waals surface area contributed by atoms with Crippen LogP contribution in [0.1, 0.15) is 33.6 Å². The number of carbonyl (C=O) groups is 2. The minimum atomic E-state index is -0.485. The molecule has 0 unspecified atom stereocenters. The van der Waals surface area contributed by atoms with E-state index >= 15 is 0 Å². The summed E-state index contributed by atoms with van der Waals surface area (Å²) in [5.74, 6) is 0.329. The number of hydrogen-bond acceptors (Lipinski definition) is 4. The Bertz CT molecular complexity index is 337. The number of amides is 1. The van der Waals surface area contributed by atoms with Gasteiger partial charge in [0.1, 0.15) is 0 Å². The average Bonchev–Trinajstić information content (AvgIpc) is 3.11. The van der Waals surface area contributed by atoms with Crippen LogP contribution in [0.3, 0.4) is 0 Å². The predicted molar refractivity (Wildman–Crippen MR) is 66.4 cm³/mol. The molecule has 1 saturated carbocycles. The van der Waals surface area contributed by atoms with Crippen LogP contribution in [0.2, 0.25) is 0 Å². The van der Waals surface area contributed by atoms with Gasteiger partial charge in [-0.1, -0.05) is 0 Å². The molecule has 1 aliphatic carbocycles. The lowest BCUT2D eigenvalue weighted by Gasteiger charge is -2.34. The molecule has 0 aromatic rings. The van der Waals surface area contributed by atoms with Crippen molar-refractivity contribution in [1.29, 1.82) is 0 Å². The Labute approximate surface area is 108 Å². The summed E-state index contributed by atoms with van der Waals surface area (Å²) in [5.41, 5.74) is -0.485. The molecule has 1 saturated heterocycles. The van der Waals surface area contributed by atoms with Crippen molar-refractivity contribution in [2.45, 2.75) is 33.6 Å². The molecule has 2 rings (SSSR count). The second kappa shape index (κ2) is 4.88. The molecule has 0 bridgehead atoms. The van der Waals surface area contributed by atoms with Gasteiger partial charge in [-0.05, 0) is 33.6 Å². The van der Waals surface area contributed by atoms with Crippen LogP contribution in [-0.4, -0.2) is 48.0 Å². The van der Waals surface area contributed by atoms with E-state index < -0.39 is 5.41 Å². The lowest BCUT2D eigenvalue weighted by molar-refractivity contribution is -0.207. The molecule has 1 aliphatic heterocycles. The predicted octanol–water partition coefficient (Wildman–Crippen LogP) is 1.04. The molecule has 0 aromatic heterocycles. The van der Waals surface area contributed by atoms with E-state index in [2.05, 4.69) is 0 Å². The second-order valence-electron chi connectivity index (χ2n) is 6.16. The summed E-state index contributed by atoms with van der Waals surface area (Å²) >= 11 is 0. The van der Waals surface area contributed by atoms with E-state index in [1.807, 2.05) is 25.7 Å². The molecule has 0 aromatic carbocycles. The Hall–Kier alpha value is -1.10. The molecule has 0 atom stereocenters. The van der Waals surface area contributed by atoms with E-state index in [0.29, 0.717) is 26.2 Å². The highest BCUT2D eigenvalue weighted by atomic mass is 16.7. The van der Waals surface area contributed by atoms with Crippen LogP contribution < -0.4 is 0 Å².